The van der Waals surface area contributed by atoms with Gasteiger partial charge in [0.25, 0.3) is 0 Å². The smallest absolute Gasteiger partial charge is 0.136 e. The SMILES string of the molecule is COc1cc(O)c2c(c1)OC(c1ccccc1)CC2=N. The Balaban J connectivity index is 2.02. The highest BCUT2D eigenvalue weighted by molar-refractivity contribution is 6.04. The molecule has 0 amide bonds. The van der Waals surface area contributed by atoms with Gasteiger partial charge in [-0.2, -0.15) is 0 Å². The summed E-state index contributed by atoms with van der Waals surface area (Å²) < 4.78 is 11.1. The highest BCUT2D eigenvalue weighted by Gasteiger charge is 2.28. The minimum Gasteiger partial charge on any atom is -0.507 e. The second-order valence-electron chi connectivity index (χ2n) is 4.72. The summed E-state index contributed by atoms with van der Waals surface area (Å²) in [6, 6.07) is 13.0. The Kier molecular flexibility index (Phi) is 3.06. The molecule has 3 rings (SSSR count). The van der Waals surface area contributed by atoms with E-state index in [1.807, 2.05) is 30.3 Å². The Hall–Kier alpha value is -2.49. The molecule has 1 aliphatic heterocycles. The lowest BCUT2D eigenvalue weighted by Gasteiger charge is -2.27. The molecular formula is C16H15NO3. The van der Waals surface area contributed by atoms with E-state index in [1.165, 1.54) is 13.2 Å². The fraction of sp³-hybridized carbons (Fsp3) is 0.188. The van der Waals surface area contributed by atoms with Crippen molar-refractivity contribution in [3.8, 4) is 17.2 Å². The molecule has 0 spiro atoms. The number of hydrogen-bond donors (Lipinski definition) is 2. The number of ether oxygens (including phenoxy) is 2. The third-order valence-electron chi connectivity index (χ3n) is 3.42. The van der Waals surface area contributed by atoms with Gasteiger partial charge in [0.2, 0.25) is 0 Å². The highest BCUT2D eigenvalue weighted by atomic mass is 16.5. The van der Waals surface area contributed by atoms with Crippen LogP contribution >= 0.6 is 0 Å². The summed E-state index contributed by atoms with van der Waals surface area (Å²) in [5.74, 6) is 1.03. The summed E-state index contributed by atoms with van der Waals surface area (Å²) in [5, 5.41) is 18.1. The molecule has 20 heavy (non-hydrogen) atoms. The molecule has 0 radical (unpaired) electrons. The number of benzene rings is 2. The predicted molar refractivity (Wildman–Crippen MR) is 75.9 cm³/mol. The van der Waals surface area contributed by atoms with Gasteiger partial charge in [0.1, 0.15) is 23.4 Å². The zero-order valence-electron chi connectivity index (χ0n) is 11.1. The molecule has 0 aromatic heterocycles. The molecule has 0 saturated carbocycles. The average Bonchev–Trinajstić information content (AvgIpc) is 2.47. The minimum absolute atomic E-state index is 0.0239. The van der Waals surface area contributed by atoms with Gasteiger partial charge in [-0.25, -0.2) is 0 Å². The van der Waals surface area contributed by atoms with Gasteiger partial charge < -0.3 is 20.0 Å². The molecule has 4 nitrogen and oxygen atoms in total. The Labute approximate surface area is 117 Å². The molecule has 0 fully saturated rings. The van der Waals surface area contributed by atoms with Gasteiger partial charge in [0, 0.05) is 18.6 Å². The van der Waals surface area contributed by atoms with E-state index < -0.39 is 0 Å². The van der Waals surface area contributed by atoms with E-state index in [9.17, 15) is 5.11 Å². The lowest BCUT2D eigenvalue weighted by molar-refractivity contribution is 0.204. The fourth-order valence-corrected chi connectivity index (χ4v) is 2.43. The van der Waals surface area contributed by atoms with E-state index in [-0.39, 0.29) is 11.9 Å². The first-order valence-corrected chi connectivity index (χ1v) is 6.39. The monoisotopic (exact) mass is 269 g/mol. The lowest BCUT2D eigenvalue weighted by atomic mass is 9.95. The van der Waals surface area contributed by atoms with Crippen molar-refractivity contribution < 1.29 is 14.6 Å². The van der Waals surface area contributed by atoms with E-state index in [0.29, 0.717) is 29.2 Å². The van der Waals surface area contributed by atoms with Gasteiger partial charge in [-0.3, -0.25) is 0 Å². The van der Waals surface area contributed by atoms with Crippen molar-refractivity contribution >= 4 is 5.71 Å². The van der Waals surface area contributed by atoms with Crippen molar-refractivity contribution in [3.05, 3.63) is 53.6 Å². The first kappa shape index (κ1) is 12.5. The van der Waals surface area contributed by atoms with Crippen molar-refractivity contribution in [1.82, 2.24) is 0 Å². The van der Waals surface area contributed by atoms with Crippen LogP contribution in [0.15, 0.2) is 42.5 Å². The maximum absolute atomic E-state index is 9.99. The summed E-state index contributed by atoms with van der Waals surface area (Å²) in [4.78, 5) is 0. The minimum atomic E-state index is -0.206. The molecule has 1 heterocycles. The fourth-order valence-electron chi connectivity index (χ4n) is 2.43. The van der Waals surface area contributed by atoms with Gasteiger partial charge in [-0.15, -0.1) is 0 Å². The molecule has 1 aliphatic rings. The van der Waals surface area contributed by atoms with E-state index in [4.69, 9.17) is 14.9 Å². The number of methoxy groups -OCH3 is 1. The summed E-state index contributed by atoms with van der Waals surface area (Å²) in [6.45, 7) is 0. The number of phenols is 1. The molecule has 0 aliphatic carbocycles. The van der Waals surface area contributed by atoms with Crippen LogP contribution in [0.3, 0.4) is 0 Å². The first-order valence-electron chi connectivity index (χ1n) is 6.39. The van der Waals surface area contributed by atoms with Crippen LogP contribution in [0.2, 0.25) is 0 Å². The molecule has 2 N–H and O–H groups in total. The van der Waals surface area contributed by atoms with Crippen LogP contribution in [0.25, 0.3) is 0 Å². The van der Waals surface area contributed by atoms with Crippen molar-refractivity contribution in [3.63, 3.8) is 0 Å². The quantitative estimate of drug-likeness (QED) is 0.879. The van der Waals surface area contributed by atoms with Crippen LogP contribution in [0, 0.1) is 5.41 Å². The second-order valence-corrected chi connectivity index (χ2v) is 4.72. The van der Waals surface area contributed by atoms with Crippen LogP contribution in [-0.2, 0) is 0 Å². The maximum Gasteiger partial charge on any atom is 0.136 e. The van der Waals surface area contributed by atoms with Crippen molar-refractivity contribution in [1.29, 1.82) is 5.41 Å². The molecule has 0 bridgehead atoms. The van der Waals surface area contributed by atoms with Crippen LogP contribution in [0.5, 0.6) is 17.2 Å². The van der Waals surface area contributed by atoms with Crippen molar-refractivity contribution in [2.75, 3.05) is 7.11 Å². The standard InChI is InChI=1S/C16H15NO3/c1-19-11-7-13(18)16-12(17)9-14(20-15(16)8-11)10-5-3-2-4-6-10/h2-8,14,17-18H,9H2,1H3. The Morgan fingerprint density at radius 1 is 1.25 bits per heavy atom. The van der Waals surface area contributed by atoms with Gasteiger partial charge in [-0.1, -0.05) is 30.3 Å². The zero-order valence-corrected chi connectivity index (χ0v) is 11.1. The first-order chi connectivity index (χ1) is 9.69. The predicted octanol–water partition coefficient (Wildman–Crippen LogP) is 3.29. The molecule has 4 heteroatoms. The summed E-state index contributed by atoms with van der Waals surface area (Å²) in [5.41, 5.74) is 1.85. The van der Waals surface area contributed by atoms with E-state index in [0.717, 1.165) is 5.56 Å². The number of nitrogens with one attached hydrogen (secondary N) is 1. The Morgan fingerprint density at radius 2 is 2.00 bits per heavy atom. The molecule has 0 saturated heterocycles. The third kappa shape index (κ3) is 2.09. The van der Waals surface area contributed by atoms with Gasteiger partial charge in [-0.05, 0) is 5.56 Å². The number of aromatic hydroxyl groups is 1. The Morgan fingerprint density at radius 3 is 2.70 bits per heavy atom. The topological polar surface area (TPSA) is 62.5 Å². The van der Waals surface area contributed by atoms with Gasteiger partial charge >= 0.3 is 0 Å². The molecule has 1 atom stereocenters. The molecular weight excluding hydrogens is 254 g/mol. The molecule has 102 valence electrons. The molecule has 1 unspecified atom stereocenters. The van der Waals surface area contributed by atoms with Gasteiger partial charge in [0.05, 0.1) is 18.4 Å². The summed E-state index contributed by atoms with van der Waals surface area (Å²) >= 11 is 0. The van der Waals surface area contributed by atoms with Crippen LogP contribution < -0.4 is 9.47 Å². The van der Waals surface area contributed by atoms with Crippen molar-refractivity contribution in [2.45, 2.75) is 12.5 Å². The largest absolute Gasteiger partial charge is 0.507 e. The summed E-state index contributed by atoms with van der Waals surface area (Å²) in [7, 11) is 1.53. The van der Waals surface area contributed by atoms with E-state index in [2.05, 4.69) is 0 Å². The van der Waals surface area contributed by atoms with Crippen LogP contribution in [0.4, 0.5) is 0 Å². The van der Waals surface area contributed by atoms with Crippen molar-refractivity contribution in [2.24, 2.45) is 0 Å². The number of rotatable bonds is 2. The Bertz CT molecular complexity index is 652. The molecule has 2 aromatic rings. The number of hydrogen-bond acceptors (Lipinski definition) is 4. The van der Waals surface area contributed by atoms with E-state index >= 15 is 0 Å². The highest BCUT2D eigenvalue weighted by Crippen LogP contribution is 2.41. The summed E-state index contributed by atoms with van der Waals surface area (Å²) in [6.07, 6.45) is 0.236. The van der Waals surface area contributed by atoms with E-state index in [1.54, 1.807) is 6.07 Å². The second kappa shape index (κ2) is 4.89. The average molecular weight is 269 g/mol. The maximum atomic E-state index is 9.99. The van der Waals surface area contributed by atoms with Gasteiger partial charge in [0.15, 0.2) is 0 Å². The zero-order chi connectivity index (χ0) is 14.1. The normalized spacial score (nSPS) is 17.2. The van der Waals surface area contributed by atoms with Crippen LogP contribution in [-0.4, -0.2) is 17.9 Å². The third-order valence-corrected chi connectivity index (χ3v) is 3.42. The lowest BCUT2D eigenvalue weighted by Crippen LogP contribution is -2.20. The molecule has 2 aromatic carbocycles. The number of fused-ring (bicyclic) bond motifs is 1. The number of phenolic OH excluding ortho intramolecular Hbond substituents is 1. The van der Waals surface area contributed by atoms with Crippen LogP contribution in [0.1, 0.15) is 23.7 Å².